The quantitative estimate of drug-likeness (QED) is 0.390. The minimum atomic E-state index is -0.550. The Hall–Kier alpha value is -3.69. The third kappa shape index (κ3) is 4.04. The first-order valence-corrected chi connectivity index (χ1v) is 11.6. The molecule has 172 valence electrons. The molecule has 6 nitrogen and oxygen atoms in total. The number of pyridine rings is 1. The van der Waals surface area contributed by atoms with Crippen LogP contribution in [0.25, 0.3) is 10.9 Å². The van der Waals surface area contributed by atoms with Gasteiger partial charge in [-0.25, -0.2) is 9.78 Å². The Labute approximate surface area is 199 Å². The van der Waals surface area contributed by atoms with Crippen LogP contribution in [-0.4, -0.2) is 42.1 Å². The molecule has 0 amide bonds. The predicted octanol–water partition coefficient (Wildman–Crippen LogP) is 4.91. The van der Waals surface area contributed by atoms with Gasteiger partial charge in [0.15, 0.2) is 0 Å². The summed E-state index contributed by atoms with van der Waals surface area (Å²) >= 11 is 0. The average Bonchev–Trinajstić information content (AvgIpc) is 2.91. The summed E-state index contributed by atoms with van der Waals surface area (Å²) in [7, 11) is 1.62. The van der Waals surface area contributed by atoms with Crippen molar-refractivity contribution in [1.82, 2.24) is 9.88 Å². The molecule has 1 aromatic heterocycles. The number of piperidine rings is 3. The Balaban J connectivity index is 1.63. The molecule has 0 saturated carbocycles. The average molecular weight is 454 g/mol. The highest BCUT2D eigenvalue weighted by atomic mass is 16.5. The fourth-order valence-electron chi connectivity index (χ4n) is 5.45. The van der Waals surface area contributed by atoms with Crippen molar-refractivity contribution in [3.05, 3.63) is 84.1 Å². The third-order valence-electron chi connectivity index (χ3n) is 7.22. The van der Waals surface area contributed by atoms with Crippen LogP contribution in [0.4, 0.5) is 0 Å². The molecule has 2 bridgehead atoms. The summed E-state index contributed by atoms with van der Waals surface area (Å²) in [6.07, 6.45) is 3.52. The number of nitrogens with zero attached hydrogens (tertiary/aromatic N) is 3. The SMILES string of the molecule is C=C[C@H]1CN2CC[C@H]1C[C@H]2[C@H](OC(=O)c1ccccc1)c1cc(C#N)nc2ccc(OC)cc12. The first-order chi connectivity index (χ1) is 16.6. The number of hydrogen-bond donors (Lipinski definition) is 0. The Morgan fingerprint density at radius 2 is 2.09 bits per heavy atom. The minimum absolute atomic E-state index is 0.00551. The van der Waals surface area contributed by atoms with E-state index in [0.29, 0.717) is 34.4 Å². The lowest BCUT2D eigenvalue weighted by atomic mass is 9.73. The number of nitriles is 1. The van der Waals surface area contributed by atoms with E-state index in [1.54, 1.807) is 25.3 Å². The number of esters is 1. The fourth-order valence-corrected chi connectivity index (χ4v) is 5.45. The van der Waals surface area contributed by atoms with Crippen LogP contribution in [0.3, 0.4) is 0 Å². The van der Waals surface area contributed by atoms with Crippen LogP contribution in [-0.2, 0) is 4.74 Å². The van der Waals surface area contributed by atoms with Gasteiger partial charge in [-0.05, 0) is 67.6 Å². The summed E-state index contributed by atoms with van der Waals surface area (Å²) in [5.41, 5.74) is 2.27. The van der Waals surface area contributed by atoms with Crippen molar-refractivity contribution in [3.8, 4) is 11.8 Å². The van der Waals surface area contributed by atoms with E-state index in [9.17, 15) is 10.1 Å². The highest BCUT2D eigenvalue weighted by Crippen LogP contribution is 2.44. The van der Waals surface area contributed by atoms with E-state index in [-0.39, 0.29) is 12.0 Å². The van der Waals surface area contributed by atoms with Crippen molar-refractivity contribution < 1.29 is 14.3 Å². The van der Waals surface area contributed by atoms with Crippen molar-refractivity contribution >= 4 is 16.9 Å². The molecule has 2 aromatic carbocycles. The number of ether oxygens (including phenoxy) is 2. The van der Waals surface area contributed by atoms with Gasteiger partial charge in [-0.15, -0.1) is 6.58 Å². The molecule has 3 fully saturated rings. The molecule has 6 rings (SSSR count). The summed E-state index contributed by atoms with van der Waals surface area (Å²) in [5.74, 6) is 1.26. The molecular weight excluding hydrogens is 426 g/mol. The standard InChI is InChI=1S/C28H27N3O3/c1-3-18-17-31-12-11-20(18)13-26(31)27(34-28(32)19-7-5-4-6-8-19)24-14-21(16-29)30-25-10-9-22(33-2)15-23(24)25/h3-10,14-15,18,20,26-27H,1,11-13,17H2,2H3/t18-,20-,26-,27+/m0/s1. The van der Waals surface area contributed by atoms with E-state index in [1.807, 2.05) is 36.4 Å². The van der Waals surface area contributed by atoms with Crippen LogP contribution < -0.4 is 4.74 Å². The monoisotopic (exact) mass is 453 g/mol. The van der Waals surface area contributed by atoms with Gasteiger partial charge in [-0.3, -0.25) is 4.90 Å². The molecule has 0 spiro atoms. The zero-order valence-electron chi connectivity index (χ0n) is 19.2. The number of fused-ring (bicyclic) bond motifs is 4. The zero-order chi connectivity index (χ0) is 23.7. The van der Waals surface area contributed by atoms with Gasteiger partial charge in [-0.1, -0.05) is 24.3 Å². The molecular formula is C28H27N3O3. The second-order valence-electron chi connectivity index (χ2n) is 9.03. The van der Waals surface area contributed by atoms with Crippen LogP contribution in [0.2, 0.25) is 0 Å². The maximum Gasteiger partial charge on any atom is 0.338 e. The number of carbonyl (C=O) groups excluding carboxylic acids is 1. The summed E-state index contributed by atoms with van der Waals surface area (Å²) in [5, 5.41) is 10.5. The lowest BCUT2D eigenvalue weighted by molar-refractivity contribution is -0.0568. The summed E-state index contributed by atoms with van der Waals surface area (Å²) in [6.45, 7) is 5.89. The van der Waals surface area contributed by atoms with Gasteiger partial charge in [0.05, 0.1) is 24.2 Å². The Bertz CT molecular complexity index is 1270. The maximum absolute atomic E-state index is 13.2. The highest BCUT2D eigenvalue weighted by Gasteiger charge is 2.44. The first-order valence-electron chi connectivity index (χ1n) is 11.6. The zero-order valence-corrected chi connectivity index (χ0v) is 19.2. The van der Waals surface area contributed by atoms with Gasteiger partial charge >= 0.3 is 5.97 Å². The number of rotatable bonds is 6. The van der Waals surface area contributed by atoms with Crippen molar-refractivity contribution in [2.75, 3.05) is 20.2 Å². The van der Waals surface area contributed by atoms with E-state index >= 15 is 0 Å². The molecule has 6 heteroatoms. The van der Waals surface area contributed by atoms with Gasteiger partial charge in [-0.2, -0.15) is 5.26 Å². The van der Waals surface area contributed by atoms with Crippen molar-refractivity contribution in [2.24, 2.45) is 11.8 Å². The van der Waals surface area contributed by atoms with Crippen molar-refractivity contribution in [1.29, 1.82) is 5.26 Å². The second-order valence-corrected chi connectivity index (χ2v) is 9.03. The summed E-state index contributed by atoms with van der Waals surface area (Å²) in [4.78, 5) is 20.1. The highest BCUT2D eigenvalue weighted by molar-refractivity contribution is 5.90. The summed E-state index contributed by atoms with van der Waals surface area (Å²) in [6, 6.07) is 18.6. The lowest BCUT2D eigenvalue weighted by Gasteiger charge is -2.51. The molecule has 5 atom stereocenters. The molecule has 3 aliphatic heterocycles. The normalized spacial score (nSPS) is 24.2. The van der Waals surface area contributed by atoms with Gasteiger partial charge in [0.2, 0.25) is 0 Å². The van der Waals surface area contributed by atoms with E-state index in [4.69, 9.17) is 9.47 Å². The Kier molecular flexibility index (Phi) is 6.04. The summed E-state index contributed by atoms with van der Waals surface area (Å²) < 4.78 is 11.7. The molecule has 1 unspecified atom stereocenters. The van der Waals surface area contributed by atoms with Crippen LogP contribution in [0.5, 0.6) is 5.75 Å². The van der Waals surface area contributed by atoms with Crippen LogP contribution >= 0.6 is 0 Å². The van der Waals surface area contributed by atoms with Gasteiger partial charge in [0.25, 0.3) is 0 Å². The number of aromatic nitrogens is 1. The van der Waals surface area contributed by atoms with Gasteiger partial charge < -0.3 is 9.47 Å². The largest absolute Gasteiger partial charge is 0.497 e. The lowest BCUT2D eigenvalue weighted by Crippen LogP contribution is -2.55. The maximum atomic E-state index is 13.2. The Morgan fingerprint density at radius 1 is 1.26 bits per heavy atom. The molecule has 0 N–H and O–H groups in total. The fraction of sp³-hybridized carbons (Fsp3) is 0.321. The van der Waals surface area contributed by atoms with Crippen LogP contribution in [0.1, 0.15) is 40.6 Å². The minimum Gasteiger partial charge on any atom is -0.497 e. The number of benzene rings is 2. The number of carbonyl (C=O) groups is 1. The van der Waals surface area contributed by atoms with Gasteiger partial charge in [0, 0.05) is 17.5 Å². The molecule has 3 saturated heterocycles. The molecule has 0 aliphatic carbocycles. The molecule has 0 radical (unpaired) electrons. The number of hydrogen-bond acceptors (Lipinski definition) is 6. The van der Waals surface area contributed by atoms with E-state index in [2.05, 4.69) is 28.6 Å². The van der Waals surface area contributed by atoms with E-state index in [1.165, 1.54) is 0 Å². The number of methoxy groups -OCH3 is 1. The molecule has 4 heterocycles. The predicted molar refractivity (Wildman–Crippen MR) is 129 cm³/mol. The Morgan fingerprint density at radius 3 is 2.76 bits per heavy atom. The first kappa shape index (κ1) is 22.1. The van der Waals surface area contributed by atoms with Crippen LogP contribution in [0.15, 0.2) is 67.3 Å². The van der Waals surface area contributed by atoms with Crippen molar-refractivity contribution in [2.45, 2.75) is 25.0 Å². The topological polar surface area (TPSA) is 75.5 Å². The smallest absolute Gasteiger partial charge is 0.338 e. The van der Waals surface area contributed by atoms with E-state index < -0.39 is 6.10 Å². The molecule has 3 aliphatic rings. The second kappa shape index (κ2) is 9.28. The van der Waals surface area contributed by atoms with Crippen molar-refractivity contribution in [3.63, 3.8) is 0 Å². The van der Waals surface area contributed by atoms with E-state index in [0.717, 1.165) is 36.9 Å². The molecule has 34 heavy (non-hydrogen) atoms. The third-order valence-corrected chi connectivity index (χ3v) is 7.22. The van der Waals surface area contributed by atoms with Gasteiger partial charge in [0.1, 0.15) is 23.6 Å². The van der Waals surface area contributed by atoms with Crippen LogP contribution in [0, 0.1) is 23.2 Å². The molecule has 3 aromatic rings.